The van der Waals surface area contributed by atoms with Gasteiger partial charge in [0.1, 0.15) is 101 Å². The SMILES string of the molecule is O.O.O.O.O.O.O.O.O.O.[O-2].[O-2].[O-2].[O-2].[O-2].[O-2].[O-2].[O-2].[O-2].[O-2].[O-2].[O-2].[O-2].[O-2].[O-2].[O-2].[O-2].[O-2].[O-2].[O-2].[O-2].[O-2].[O-2].[O-2].[O-2].[O-2].[O-2].[O-2].[OH3+].[OH3+].[V].[V].[V].[V].[V].[V].[V].[V].[V].[V].[Zn+2].[Zn+2].[Zn+2].c1nnc[nH]1.c1nnc[nH]1.c1nnc[nH]1.c1nnc[nH]1.c1nnc[nH]1.c1nnc[nH]1.c1nnc[nH]1.c1nnc[nH]1. The molecular weight excluding hydrogens is 1870 g/mol. The first-order valence-electron chi connectivity index (χ1n) is 10.3. The van der Waals surface area contributed by atoms with Crippen LogP contribution in [0.2, 0.25) is 0 Å². The van der Waals surface area contributed by atoms with Crippen LogP contribution in [0.4, 0.5) is 0 Å². The quantitative estimate of drug-likeness (QED) is 0.0516. The molecular formula is C16H50N24O40V10Zn3-48. The van der Waals surface area contributed by atoms with Crippen LogP contribution in [-0.4, -0.2) is 176 Å². The van der Waals surface area contributed by atoms with Crippen LogP contribution in [0.25, 0.3) is 0 Å². The van der Waals surface area contributed by atoms with E-state index < -0.39 is 0 Å². The average molecular weight is 1920 g/mol. The molecule has 0 bridgehead atoms. The van der Waals surface area contributed by atoms with Gasteiger partial charge in [0.05, 0.1) is 0 Å². The van der Waals surface area contributed by atoms with Crippen LogP contribution < -0.4 is 0 Å². The largest absolute Gasteiger partial charge is 2.00 e. The zero-order valence-corrected chi connectivity index (χ0v) is 67.4. The molecule has 0 aromatic carbocycles. The molecule has 0 aliphatic heterocycles. The normalized spacial score (nSPS) is 3.44. The van der Waals surface area contributed by atoms with Gasteiger partial charge in [-0.15, -0.1) is 81.6 Å². The van der Waals surface area contributed by atoms with Crippen molar-refractivity contribution in [2.24, 2.45) is 0 Å². The molecule has 10 radical (unpaired) electrons. The molecule has 0 saturated heterocycles. The zero-order valence-electron chi connectivity index (χ0n) is 44.6. The van der Waals surface area contributed by atoms with E-state index in [2.05, 4.69) is 121 Å². The second kappa shape index (κ2) is 483. The number of nitrogens with one attached hydrogen (secondary N) is 8. The third-order valence-corrected chi connectivity index (χ3v) is 2.65. The van der Waals surface area contributed by atoms with Crippen LogP contribution >= 0.6 is 0 Å². The topological polar surface area (TPSA) is 1510 Å². The van der Waals surface area contributed by atoms with E-state index in [-0.39, 0.29) is 463 Å². The molecule has 34 N–H and O–H groups in total. The van der Waals surface area contributed by atoms with Gasteiger partial charge in [-0.05, 0) is 0 Å². The van der Waals surface area contributed by atoms with Crippen LogP contribution in [0, 0.1) is 0 Å². The van der Waals surface area contributed by atoms with Gasteiger partial charge in [0, 0.05) is 186 Å². The number of hydrogen-bond donors (Lipinski definition) is 8. The molecule has 0 saturated carbocycles. The van der Waals surface area contributed by atoms with Crippen molar-refractivity contribution >= 4 is 0 Å². The van der Waals surface area contributed by atoms with Gasteiger partial charge in [0.15, 0.2) is 0 Å². The van der Waals surface area contributed by atoms with Crippen molar-refractivity contribution in [2.45, 2.75) is 0 Å². The van der Waals surface area contributed by atoms with Crippen molar-refractivity contribution in [2.75, 3.05) is 0 Å². The summed E-state index contributed by atoms with van der Waals surface area (Å²) in [5, 5.41) is 54.7. The third-order valence-electron chi connectivity index (χ3n) is 2.65. The summed E-state index contributed by atoms with van der Waals surface area (Å²) < 4.78 is 0. The third kappa shape index (κ3) is 472. The minimum Gasteiger partial charge on any atom is -2.00 e. The fraction of sp³-hybridized carbons (Fsp3) is 0. The molecule has 77 heteroatoms. The van der Waals surface area contributed by atoms with Gasteiger partial charge in [0.25, 0.3) is 0 Å². The van der Waals surface area contributed by atoms with Gasteiger partial charge in [-0.25, -0.2) is 0 Å². The minimum absolute atomic E-state index is 0. The summed E-state index contributed by atoms with van der Waals surface area (Å²) in [6.07, 6.45) is 24.2. The fourth-order valence-corrected chi connectivity index (χ4v) is 1.33. The smallest absolute Gasteiger partial charge is 2.00 e. The second-order valence-corrected chi connectivity index (χ2v) is 5.25. The Labute approximate surface area is 679 Å². The van der Waals surface area contributed by atoms with E-state index in [4.69, 9.17) is 0 Å². The molecule has 0 fully saturated rings. The van der Waals surface area contributed by atoms with Crippen molar-refractivity contribution in [3.05, 3.63) is 101 Å². The maximum Gasteiger partial charge on any atom is 2.00 e. The Morgan fingerprint density at radius 1 is 0.118 bits per heavy atom. The zero-order chi connectivity index (χ0) is 28.3. The molecule has 64 nitrogen and oxygen atoms in total. The molecule has 0 aliphatic rings. The van der Waals surface area contributed by atoms with E-state index in [0.29, 0.717) is 0 Å². The monoisotopic (exact) mass is 1920 g/mol. The Balaban J connectivity index is -0.00000000357. The van der Waals surface area contributed by atoms with Crippen molar-refractivity contribution in [1.82, 2.24) is 121 Å². The molecule has 578 valence electrons. The van der Waals surface area contributed by atoms with Gasteiger partial charge in [-0.1, -0.05) is 0 Å². The second-order valence-electron chi connectivity index (χ2n) is 5.25. The van der Waals surface area contributed by atoms with E-state index in [9.17, 15) is 0 Å². The summed E-state index contributed by atoms with van der Waals surface area (Å²) >= 11 is 0. The summed E-state index contributed by atoms with van der Waals surface area (Å²) in [6.45, 7) is 0. The maximum absolute atomic E-state index is 3.42. The van der Waals surface area contributed by atoms with Gasteiger partial charge < -0.3 is 259 Å². The number of H-pyrrole nitrogens is 8. The molecule has 8 heterocycles. The molecule has 8 rings (SSSR count). The predicted octanol–water partition coefficient (Wildman–Crippen LogP) is -15.0. The summed E-state index contributed by atoms with van der Waals surface area (Å²) in [5.41, 5.74) is 0. The average Bonchev–Trinajstić information content (AvgIpc) is 3.95. The number of aromatic amines is 8. The van der Waals surface area contributed by atoms with E-state index in [1.807, 2.05) is 0 Å². The summed E-state index contributed by atoms with van der Waals surface area (Å²) in [6, 6.07) is 0. The first-order chi connectivity index (χ1) is 20.0. The Kier molecular flexibility index (Phi) is 2590. The maximum atomic E-state index is 3.42. The van der Waals surface area contributed by atoms with E-state index in [1.165, 1.54) is 101 Å². The Hall–Kier alpha value is -0.766. The Morgan fingerprint density at radius 3 is 0.161 bits per heavy atom. The molecule has 0 spiro atoms. The minimum atomic E-state index is 0. The van der Waals surface area contributed by atoms with Crippen LogP contribution in [0.5, 0.6) is 0 Å². The molecule has 0 amide bonds. The summed E-state index contributed by atoms with van der Waals surface area (Å²) in [7, 11) is 0. The van der Waals surface area contributed by atoms with E-state index in [0.717, 1.165) is 0 Å². The summed E-state index contributed by atoms with van der Waals surface area (Å²) in [5.74, 6) is 0. The van der Waals surface area contributed by atoms with Crippen molar-refractivity contribution in [3.8, 4) is 0 Å². The van der Waals surface area contributed by atoms with Gasteiger partial charge >= 0.3 is 58.4 Å². The van der Waals surface area contributed by atoms with E-state index in [1.54, 1.807) is 0 Å². The summed E-state index contributed by atoms with van der Waals surface area (Å²) in [4.78, 5) is 21.1. The van der Waals surface area contributed by atoms with Gasteiger partial charge in [-0.2, -0.15) is 0 Å². The van der Waals surface area contributed by atoms with Gasteiger partial charge in [0.2, 0.25) is 0 Å². The fourth-order valence-electron chi connectivity index (χ4n) is 1.33. The van der Waals surface area contributed by atoms with Crippen molar-refractivity contribution < 1.29 is 463 Å². The van der Waals surface area contributed by atoms with Gasteiger partial charge in [-0.3, -0.25) is 0 Å². The standard InChI is InChI=1S/8C2H3N3.12H2O.28O.10V.3Zn/c8*1-3-2-5-4-1;;;;;;;;;;;;;;;;;;;;;;;;;;;;;;;;;;;;;;;;;;;;;;;;;;;;;/h8*1-2H,(H,3,4,5);12*1H2;;;;;;;;;;;;;;;;;;;;;;;;;;;;;;;;;;;;;;;;;/q;;;;;;;;;;;;;;;;;;;;28*-2;;;;;;;;;;;3*+2/p+2. The Morgan fingerprint density at radius 2 is 0.151 bits per heavy atom. The van der Waals surface area contributed by atoms with Crippen LogP contribution in [0.15, 0.2) is 101 Å². The number of aromatic nitrogens is 24. The molecule has 0 unspecified atom stereocenters. The van der Waals surface area contributed by atoms with Crippen molar-refractivity contribution in [3.63, 3.8) is 0 Å². The molecule has 0 aliphatic carbocycles. The van der Waals surface area contributed by atoms with Crippen molar-refractivity contribution in [1.29, 1.82) is 0 Å². The first-order valence-corrected chi connectivity index (χ1v) is 10.3. The van der Waals surface area contributed by atoms with Crippen LogP contribution in [0.3, 0.4) is 0 Å². The molecule has 8 aromatic heterocycles. The first kappa shape index (κ1) is 499. The van der Waals surface area contributed by atoms with Crippen LogP contribution in [0.1, 0.15) is 0 Å². The predicted molar refractivity (Wildman–Crippen MR) is 196 cm³/mol. The van der Waals surface area contributed by atoms with E-state index >= 15 is 0 Å². The number of rotatable bonds is 0. The molecule has 0 atom stereocenters. The Bertz CT molecular complexity index is 950. The van der Waals surface area contributed by atoms with Crippen LogP contribution in [-0.2, 0) is 408 Å². The molecule has 8 aromatic rings. The molecule has 93 heavy (non-hydrogen) atoms. The number of hydrogen-bond acceptors (Lipinski definition) is 16. The number of nitrogens with zero attached hydrogens (tertiary/aromatic N) is 16.